The molecule has 7 nitrogen and oxygen atoms in total. The highest BCUT2D eigenvalue weighted by Crippen LogP contribution is 2.34. The minimum Gasteiger partial charge on any atom is -0.464 e. The third-order valence-corrected chi connectivity index (χ3v) is 8.48. The summed E-state index contributed by atoms with van der Waals surface area (Å²) < 4.78 is 35.6. The molecule has 1 aromatic heterocycles. The van der Waals surface area contributed by atoms with Gasteiger partial charge in [0.15, 0.2) is 15.6 Å². The number of esters is 1. The summed E-state index contributed by atoms with van der Waals surface area (Å²) in [5.41, 5.74) is 3.10. The van der Waals surface area contributed by atoms with Crippen molar-refractivity contribution in [3.8, 4) is 22.4 Å². The minimum atomic E-state index is -3.85. The molecule has 0 saturated heterocycles. The fourth-order valence-corrected chi connectivity index (χ4v) is 5.92. The molecule has 0 aliphatic rings. The van der Waals surface area contributed by atoms with Crippen LogP contribution in [0, 0.1) is 6.92 Å². The highest BCUT2D eigenvalue weighted by molar-refractivity contribution is 8.76. The Morgan fingerprint density at radius 1 is 1.00 bits per heavy atom. The number of Topliss-reactive ketones (excluding diaryl/α,β-unsaturated/α-hetero) is 1. The van der Waals surface area contributed by atoms with Gasteiger partial charge in [-0.15, -0.1) is 0 Å². The second kappa shape index (κ2) is 11.5. The number of aromatic nitrogens is 1. The number of carbonyl (C=O) groups is 2. The van der Waals surface area contributed by atoms with E-state index in [4.69, 9.17) is 9.26 Å². The first kappa shape index (κ1) is 25.1. The predicted molar refractivity (Wildman–Crippen MR) is 131 cm³/mol. The summed E-state index contributed by atoms with van der Waals surface area (Å²) in [7, 11) is -1.09. The summed E-state index contributed by atoms with van der Waals surface area (Å²) in [6.45, 7) is 3.40. The number of ether oxygens (including phenoxy) is 1. The molecule has 3 rings (SSSR count). The fourth-order valence-electron chi connectivity index (χ4n) is 2.99. The first-order chi connectivity index (χ1) is 15.8. The van der Waals surface area contributed by atoms with Crippen molar-refractivity contribution in [1.29, 1.82) is 0 Å². The Bertz CT molecular complexity index is 1200. The van der Waals surface area contributed by atoms with Gasteiger partial charge in [0.25, 0.3) is 0 Å². The Morgan fingerprint density at radius 3 is 2.36 bits per heavy atom. The van der Waals surface area contributed by atoms with Crippen LogP contribution in [0.15, 0.2) is 64.0 Å². The van der Waals surface area contributed by atoms with Crippen LogP contribution in [0.4, 0.5) is 0 Å². The molecule has 1 heterocycles. The fraction of sp³-hybridized carbons (Fsp3) is 0.261. The Morgan fingerprint density at radius 2 is 1.70 bits per heavy atom. The van der Waals surface area contributed by atoms with Gasteiger partial charge in [-0.2, -0.15) is 0 Å². The molecule has 0 aliphatic carbocycles. The molecule has 3 aromatic rings. The quantitative estimate of drug-likeness (QED) is 0.210. The molecule has 0 aliphatic heterocycles. The normalized spacial score (nSPS) is 11.3. The number of carbonyl (C=O) groups excluding carboxylic acids is 2. The molecular weight excluding hydrogens is 482 g/mol. The second-order valence-electron chi connectivity index (χ2n) is 7.12. The number of benzene rings is 2. The zero-order valence-corrected chi connectivity index (χ0v) is 20.6. The Hall–Kier alpha value is -2.56. The van der Waals surface area contributed by atoms with Crippen LogP contribution >= 0.6 is 21.6 Å². The van der Waals surface area contributed by atoms with E-state index >= 15 is 0 Å². The molecule has 0 unspecified atom stereocenters. The summed E-state index contributed by atoms with van der Waals surface area (Å²) in [6, 6.07) is 15.9. The number of ketones is 1. The van der Waals surface area contributed by atoms with E-state index in [1.165, 1.54) is 40.6 Å². The van der Waals surface area contributed by atoms with Crippen LogP contribution in [-0.2, 0) is 24.2 Å². The summed E-state index contributed by atoms with van der Waals surface area (Å²) in [5.74, 6) is 0.0266. The highest BCUT2D eigenvalue weighted by atomic mass is 33.1. The third-order valence-electron chi connectivity index (χ3n) is 4.50. The third kappa shape index (κ3) is 6.96. The van der Waals surface area contributed by atoms with Gasteiger partial charge in [-0.05, 0) is 31.5 Å². The van der Waals surface area contributed by atoms with E-state index in [9.17, 15) is 18.0 Å². The van der Waals surface area contributed by atoms with Crippen molar-refractivity contribution in [2.45, 2.75) is 18.7 Å². The van der Waals surface area contributed by atoms with Crippen molar-refractivity contribution in [3.63, 3.8) is 0 Å². The number of nitrogens with zero attached hydrogens (tertiary/aromatic N) is 1. The predicted octanol–water partition coefficient (Wildman–Crippen LogP) is 4.60. The first-order valence-electron chi connectivity index (χ1n) is 10.0. The van der Waals surface area contributed by atoms with Crippen molar-refractivity contribution in [2.75, 3.05) is 23.9 Å². The smallest absolute Gasteiger partial charge is 0.321 e. The van der Waals surface area contributed by atoms with Crippen LogP contribution in [0.1, 0.15) is 12.7 Å². The summed E-state index contributed by atoms with van der Waals surface area (Å²) in [6.07, 6.45) is 0. The van der Waals surface area contributed by atoms with E-state index in [1.54, 1.807) is 12.1 Å². The highest BCUT2D eigenvalue weighted by Gasteiger charge is 2.22. The number of hydrogen-bond donors (Lipinski definition) is 0. The van der Waals surface area contributed by atoms with Crippen LogP contribution < -0.4 is 0 Å². The van der Waals surface area contributed by atoms with Crippen LogP contribution in [-0.4, -0.2) is 49.2 Å². The van der Waals surface area contributed by atoms with Gasteiger partial charge >= 0.3 is 5.97 Å². The lowest BCUT2D eigenvalue weighted by atomic mass is 10.00. The lowest BCUT2D eigenvalue weighted by Gasteiger charge is -2.07. The summed E-state index contributed by atoms with van der Waals surface area (Å²) in [4.78, 5) is 22.9. The van der Waals surface area contributed by atoms with E-state index in [0.717, 1.165) is 11.1 Å². The first-order valence-corrected chi connectivity index (χ1v) is 14.2. The van der Waals surface area contributed by atoms with Crippen LogP contribution in [0.25, 0.3) is 22.4 Å². The molecule has 174 valence electrons. The second-order valence-corrected chi connectivity index (χ2v) is 11.7. The van der Waals surface area contributed by atoms with Crippen LogP contribution in [0.5, 0.6) is 0 Å². The number of rotatable bonds is 11. The average molecular weight is 506 g/mol. The number of sulfone groups is 1. The number of aryl methyl sites for hydroxylation is 1. The maximum absolute atomic E-state index is 12.6. The van der Waals surface area contributed by atoms with E-state index < -0.39 is 21.6 Å². The molecule has 33 heavy (non-hydrogen) atoms. The molecule has 0 spiro atoms. The zero-order chi connectivity index (χ0) is 23.8. The van der Waals surface area contributed by atoms with Crippen molar-refractivity contribution in [1.82, 2.24) is 5.16 Å². The zero-order valence-electron chi connectivity index (χ0n) is 18.1. The van der Waals surface area contributed by atoms with Gasteiger partial charge < -0.3 is 9.26 Å². The van der Waals surface area contributed by atoms with Crippen molar-refractivity contribution in [2.24, 2.45) is 0 Å². The number of hydrogen-bond acceptors (Lipinski definition) is 9. The Kier molecular flexibility index (Phi) is 8.76. The molecule has 0 amide bonds. The van der Waals surface area contributed by atoms with E-state index in [2.05, 4.69) is 5.16 Å². The largest absolute Gasteiger partial charge is 0.464 e. The molecule has 10 heteroatoms. The molecule has 2 aromatic carbocycles. The molecule has 0 fully saturated rings. The lowest BCUT2D eigenvalue weighted by Crippen LogP contribution is -2.19. The Labute approximate surface area is 200 Å². The molecule has 0 bridgehead atoms. The monoisotopic (exact) mass is 505 g/mol. The van der Waals surface area contributed by atoms with Crippen LogP contribution in [0.2, 0.25) is 0 Å². The van der Waals surface area contributed by atoms with Crippen molar-refractivity contribution >= 4 is 43.2 Å². The molecular formula is C23H23NO6S3. The van der Waals surface area contributed by atoms with Gasteiger partial charge in [0, 0.05) is 11.3 Å². The lowest BCUT2D eigenvalue weighted by molar-refractivity contribution is -0.139. The van der Waals surface area contributed by atoms with Gasteiger partial charge in [-0.1, -0.05) is 69.2 Å². The van der Waals surface area contributed by atoms with Gasteiger partial charge in [-0.3, -0.25) is 9.59 Å². The van der Waals surface area contributed by atoms with Gasteiger partial charge in [0.05, 0.1) is 16.2 Å². The topological polar surface area (TPSA) is 104 Å². The molecule has 0 atom stereocenters. The average Bonchev–Trinajstić information content (AvgIpc) is 3.17. The van der Waals surface area contributed by atoms with E-state index in [0.29, 0.717) is 28.5 Å². The van der Waals surface area contributed by atoms with E-state index in [-0.39, 0.29) is 17.3 Å². The van der Waals surface area contributed by atoms with Gasteiger partial charge in [0.2, 0.25) is 0 Å². The molecule has 0 N–H and O–H groups in total. The Balaban J connectivity index is 1.63. The molecule has 0 saturated carbocycles. The SMILES string of the molecule is CC(=O)CSSCCOC(=O)CS(=O)(=O)c1ccc(-c2noc(C)c2-c2ccccc2)cc1. The summed E-state index contributed by atoms with van der Waals surface area (Å²) in [5, 5.41) is 4.15. The van der Waals surface area contributed by atoms with Crippen LogP contribution in [0.3, 0.4) is 0 Å². The maximum atomic E-state index is 12.6. The molecule has 0 radical (unpaired) electrons. The van der Waals surface area contributed by atoms with E-state index in [1.807, 2.05) is 37.3 Å². The van der Waals surface area contributed by atoms with Gasteiger partial charge in [-0.25, -0.2) is 8.42 Å². The summed E-state index contributed by atoms with van der Waals surface area (Å²) >= 11 is 0. The van der Waals surface area contributed by atoms with Crippen molar-refractivity contribution in [3.05, 3.63) is 60.4 Å². The van der Waals surface area contributed by atoms with Crippen molar-refractivity contribution < 1.29 is 27.3 Å². The standard InChI is InChI=1S/C23H23NO6S3/c1-16(25)14-32-31-13-12-29-21(26)15-33(27,28)20-10-8-19(9-11-20)23-22(17(2)30-24-23)18-6-4-3-5-7-18/h3-11H,12-15H2,1-2H3. The minimum absolute atomic E-state index is 0.0241. The van der Waals surface area contributed by atoms with Gasteiger partial charge in [0.1, 0.15) is 23.8 Å². The maximum Gasteiger partial charge on any atom is 0.321 e.